The highest BCUT2D eigenvalue weighted by molar-refractivity contribution is 7.92. The molecule has 168 valence electrons. The summed E-state index contributed by atoms with van der Waals surface area (Å²) in [7, 11) is -0.686. The molecule has 3 rings (SSSR count). The lowest BCUT2D eigenvalue weighted by Crippen LogP contribution is -2.23. The molecule has 0 aliphatic heterocycles. The summed E-state index contributed by atoms with van der Waals surface area (Å²) in [6.07, 6.45) is 0. The Labute approximate surface area is 192 Å². The summed E-state index contributed by atoms with van der Waals surface area (Å²) < 4.78 is 38.0. The number of ether oxygens (including phenoxy) is 2. The standard InChI is InChI=1S/C23H23ClN2O5S/c1-15-4-8-18(9-5-15)32(28,29)26-17-7-10-19(20(24)13-17)23(27)25-14-16-6-11-21(30-2)22(12-16)31-3/h4-13,26H,14H2,1-3H3,(H,25,27). The van der Waals surface area contributed by atoms with E-state index < -0.39 is 15.9 Å². The van der Waals surface area contributed by atoms with Crippen molar-refractivity contribution in [2.24, 2.45) is 0 Å². The number of benzene rings is 3. The van der Waals surface area contributed by atoms with Gasteiger partial charge in [0.1, 0.15) is 0 Å². The predicted molar refractivity (Wildman–Crippen MR) is 124 cm³/mol. The number of halogens is 1. The highest BCUT2D eigenvalue weighted by Crippen LogP contribution is 2.28. The van der Waals surface area contributed by atoms with Gasteiger partial charge in [0.05, 0.1) is 35.4 Å². The summed E-state index contributed by atoms with van der Waals surface area (Å²) in [5.74, 6) is 0.759. The maximum absolute atomic E-state index is 12.6. The number of anilines is 1. The fourth-order valence-electron chi connectivity index (χ4n) is 2.96. The normalized spacial score (nSPS) is 11.0. The molecule has 0 heterocycles. The SMILES string of the molecule is COc1ccc(CNC(=O)c2ccc(NS(=O)(=O)c3ccc(C)cc3)cc2Cl)cc1OC. The van der Waals surface area contributed by atoms with Crippen LogP contribution < -0.4 is 19.5 Å². The molecule has 0 bridgehead atoms. The third kappa shape index (κ3) is 5.52. The van der Waals surface area contributed by atoms with Crippen LogP contribution in [0, 0.1) is 6.92 Å². The Kier molecular flexibility index (Phi) is 7.27. The van der Waals surface area contributed by atoms with Gasteiger partial charge in [-0.1, -0.05) is 35.4 Å². The molecule has 0 saturated heterocycles. The van der Waals surface area contributed by atoms with Crippen LogP contribution >= 0.6 is 11.6 Å². The zero-order valence-electron chi connectivity index (χ0n) is 17.8. The Hall–Kier alpha value is -3.23. The molecular weight excluding hydrogens is 452 g/mol. The number of sulfonamides is 1. The monoisotopic (exact) mass is 474 g/mol. The van der Waals surface area contributed by atoms with Crippen LogP contribution in [0.5, 0.6) is 11.5 Å². The molecule has 0 fully saturated rings. The molecule has 0 atom stereocenters. The Morgan fingerprint density at radius 2 is 1.62 bits per heavy atom. The minimum Gasteiger partial charge on any atom is -0.493 e. The lowest BCUT2D eigenvalue weighted by molar-refractivity contribution is 0.0951. The first kappa shape index (κ1) is 23.4. The zero-order chi connectivity index (χ0) is 23.3. The van der Waals surface area contributed by atoms with Crippen molar-refractivity contribution in [3.8, 4) is 11.5 Å². The first-order valence-corrected chi connectivity index (χ1v) is 11.5. The highest BCUT2D eigenvalue weighted by Gasteiger charge is 2.16. The number of amides is 1. The maximum Gasteiger partial charge on any atom is 0.261 e. The van der Waals surface area contributed by atoms with Gasteiger partial charge in [-0.05, 0) is 55.0 Å². The molecule has 0 aliphatic rings. The molecule has 2 N–H and O–H groups in total. The summed E-state index contributed by atoms with van der Waals surface area (Å²) in [5, 5.41) is 2.91. The molecular formula is C23H23ClN2O5S. The highest BCUT2D eigenvalue weighted by atomic mass is 35.5. The van der Waals surface area contributed by atoms with Gasteiger partial charge in [-0.2, -0.15) is 0 Å². The summed E-state index contributed by atoms with van der Waals surface area (Å²) in [6.45, 7) is 2.12. The van der Waals surface area contributed by atoms with Crippen LogP contribution in [0.1, 0.15) is 21.5 Å². The summed E-state index contributed by atoms with van der Waals surface area (Å²) in [5.41, 5.74) is 2.25. The van der Waals surface area contributed by atoms with Crippen LogP contribution in [0.25, 0.3) is 0 Å². The summed E-state index contributed by atoms with van der Waals surface area (Å²) >= 11 is 6.26. The Morgan fingerprint density at radius 1 is 0.938 bits per heavy atom. The van der Waals surface area contributed by atoms with Gasteiger partial charge in [-0.3, -0.25) is 9.52 Å². The second-order valence-corrected chi connectivity index (χ2v) is 9.07. The van der Waals surface area contributed by atoms with Crippen LogP contribution in [0.2, 0.25) is 5.02 Å². The first-order valence-electron chi connectivity index (χ1n) is 9.61. The summed E-state index contributed by atoms with van der Waals surface area (Å²) in [6, 6.07) is 16.2. The quantitative estimate of drug-likeness (QED) is 0.504. The zero-order valence-corrected chi connectivity index (χ0v) is 19.4. The lowest BCUT2D eigenvalue weighted by Gasteiger charge is -2.12. The average Bonchev–Trinajstić information content (AvgIpc) is 2.77. The van der Waals surface area contributed by atoms with Gasteiger partial charge in [0.2, 0.25) is 0 Å². The van der Waals surface area contributed by atoms with Gasteiger partial charge in [-0.25, -0.2) is 8.42 Å². The van der Waals surface area contributed by atoms with Gasteiger partial charge in [0.25, 0.3) is 15.9 Å². The predicted octanol–water partition coefficient (Wildman–Crippen LogP) is 4.40. The molecule has 3 aromatic rings. The second kappa shape index (κ2) is 9.93. The maximum atomic E-state index is 12.6. The van der Waals surface area contributed by atoms with Crippen LogP contribution in [-0.4, -0.2) is 28.5 Å². The van der Waals surface area contributed by atoms with Crippen molar-refractivity contribution in [3.63, 3.8) is 0 Å². The van der Waals surface area contributed by atoms with Crippen molar-refractivity contribution >= 4 is 33.2 Å². The average molecular weight is 475 g/mol. The van der Waals surface area contributed by atoms with E-state index >= 15 is 0 Å². The van der Waals surface area contributed by atoms with E-state index in [1.54, 1.807) is 31.4 Å². The van der Waals surface area contributed by atoms with Gasteiger partial charge >= 0.3 is 0 Å². The van der Waals surface area contributed by atoms with E-state index in [0.29, 0.717) is 11.5 Å². The molecule has 3 aromatic carbocycles. The van der Waals surface area contributed by atoms with Crippen LogP contribution in [0.4, 0.5) is 5.69 Å². The minimum absolute atomic E-state index is 0.124. The van der Waals surface area contributed by atoms with Crippen LogP contribution in [-0.2, 0) is 16.6 Å². The second-order valence-electron chi connectivity index (χ2n) is 6.99. The van der Waals surface area contributed by atoms with E-state index in [2.05, 4.69) is 10.0 Å². The lowest BCUT2D eigenvalue weighted by atomic mass is 10.1. The van der Waals surface area contributed by atoms with E-state index in [4.69, 9.17) is 21.1 Å². The van der Waals surface area contributed by atoms with Crippen LogP contribution in [0.15, 0.2) is 65.6 Å². The number of methoxy groups -OCH3 is 2. The van der Waals surface area contributed by atoms with E-state index in [1.807, 2.05) is 13.0 Å². The number of rotatable bonds is 8. The van der Waals surface area contributed by atoms with Gasteiger partial charge in [0, 0.05) is 6.54 Å². The third-order valence-electron chi connectivity index (χ3n) is 4.70. The van der Waals surface area contributed by atoms with E-state index in [9.17, 15) is 13.2 Å². The van der Waals surface area contributed by atoms with Crippen molar-refractivity contribution < 1.29 is 22.7 Å². The number of carbonyl (C=O) groups is 1. The number of aryl methyl sites for hydroxylation is 1. The Bertz CT molecular complexity index is 1230. The largest absolute Gasteiger partial charge is 0.493 e. The van der Waals surface area contributed by atoms with Crippen molar-refractivity contribution in [1.29, 1.82) is 0 Å². The number of nitrogens with one attached hydrogen (secondary N) is 2. The van der Waals surface area contributed by atoms with E-state index in [0.717, 1.165) is 11.1 Å². The Balaban J connectivity index is 1.69. The third-order valence-corrected chi connectivity index (χ3v) is 6.41. The van der Waals surface area contributed by atoms with E-state index in [1.165, 1.54) is 37.4 Å². The van der Waals surface area contributed by atoms with Gasteiger partial charge < -0.3 is 14.8 Å². The molecule has 1 amide bonds. The summed E-state index contributed by atoms with van der Waals surface area (Å²) in [4.78, 5) is 12.7. The Morgan fingerprint density at radius 3 is 2.25 bits per heavy atom. The molecule has 0 saturated carbocycles. The molecule has 0 aromatic heterocycles. The first-order chi connectivity index (χ1) is 15.2. The van der Waals surface area contributed by atoms with E-state index in [-0.39, 0.29) is 27.7 Å². The smallest absolute Gasteiger partial charge is 0.261 e. The van der Waals surface area contributed by atoms with Gasteiger partial charge in [-0.15, -0.1) is 0 Å². The molecule has 9 heteroatoms. The topological polar surface area (TPSA) is 93.7 Å². The van der Waals surface area contributed by atoms with Crippen molar-refractivity contribution in [2.75, 3.05) is 18.9 Å². The fourth-order valence-corrected chi connectivity index (χ4v) is 4.28. The van der Waals surface area contributed by atoms with Crippen molar-refractivity contribution in [3.05, 3.63) is 82.4 Å². The van der Waals surface area contributed by atoms with Crippen molar-refractivity contribution in [2.45, 2.75) is 18.4 Å². The fraction of sp³-hybridized carbons (Fsp3) is 0.174. The number of carbonyl (C=O) groups excluding carboxylic acids is 1. The molecule has 0 aliphatic carbocycles. The molecule has 0 spiro atoms. The minimum atomic E-state index is -3.77. The number of hydrogen-bond acceptors (Lipinski definition) is 5. The van der Waals surface area contributed by atoms with Gasteiger partial charge in [0.15, 0.2) is 11.5 Å². The van der Waals surface area contributed by atoms with Crippen LogP contribution in [0.3, 0.4) is 0 Å². The molecule has 0 unspecified atom stereocenters. The van der Waals surface area contributed by atoms with Crippen molar-refractivity contribution in [1.82, 2.24) is 5.32 Å². The number of hydrogen-bond donors (Lipinski definition) is 2. The molecule has 7 nitrogen and oxygen atoms in total. The molecule has 32 heavy (non-hydrogen) atoms. The molecule has 0 radical (unpaired) electrons.